The number of nitrogens with zero attached hydrogens (tertiary/aromatic N) is 2. The topological polar surface area (TPSA) is 51.0 Å². The number of nitrogens with one attached hydrogen (secondary N) is 1. The fourth-order valence-electron chi connectivity index (χ4n) is 3.07. The standard InChI is InChI=1S/C15H19N3O/c1-9(14-10(2)18-19-11(14)3)17-13-7-6-12-5-4-8-16-15(12)13/h4-5,8-9,13,17H,6-7H2,1-3H3. The van der Waals surface area contributed by atoms with Gasteiger partial charge in [-0.3, -0.25) is 4.98 Å². The molecule has 4 heteroatoms. The summed E-state index contributed by atoms with van der Waals surface area (Å²) in [7, 11) is 0. The first-order valence-electron chi connectivity index (χ1n) is 6.79. The molecule has 19 heavy (non-hydrogen) atoms. The van der Waals surface area contributed by atoms with Crippen molar-refractivity contribution in [3.8, 4) is 0 Å². The van der Waals surface area contributed by atoms with Gasteiger partial charge in [-0.05, 0) is 45.2 Å². The molecule has 0 fully saturated rings. The highest BCUT2D eigenvalue weighted by molar-refractivity contribution is 5.30. The maximum atomic E-state index is 5.24. The molecule has 0 saturated carbocycles. The molecule has 0 radical (unpaired) electrons. The average molecular weight is 257 g/mol. The first-order chi connectivity index (χ1) is 9.16. The first kappa shape index (κ1) is 12.4. The van der Waals surface area contributed by atoms with E-state index in [9.17, 15) is 0 Å². The van der Waals surface area contributed by atoms with Crippen LogP contribution in [0.3, 0.4) is 0 Å². The minimum Gasteiger partial charge on any atom is -0.361 e. The van der Waals surface area contributed by atoms with Gasteiger partial charge in [-0.1, -0.05) is 11.2 Å². The second-order valence-corrected chi connectivity index (χ2v) is 5.27. The Morgan fingerprint density at radius 1 is 1.42 bits per heavy atom. The zero-order chi connectivity index (χ0) is 13.4. The summed E-state index contributed by atoms with van der Waals surface area (Å²) in [5.41, 5.74) is 4.70. The van der Waals surface area contributed by atoms with Gasteiger partial charge in [0, 0.05) is 17.8 Å². The van der Waals surface area contributed by atoms with Crippen LogP contribution in [-0.4, -0.2) is 10.1 Å². The van der Waals surface area contributed by atoms with Crippen LogP contribution in [0.15, 0.2) is 22.9 Å². The Kier molecular flexibility index (Phi) is 3.11. The van der Waals surface area contributed by atoms with Crippen molar-refractivity contribution < 1.29 is 4.52 Å². The van der Waals surface area contributed by atoms with E-state index in [1.54, 1.807) is 0 Å². The summed E-state index contributed by atoms with van der Waals surface area (Å²) < 4.78 is 5.24. The highest BCUT2D eigenvalue weighted by Gasteiger charge is 2.26. The molecule has 100 valence electrons. The Balaban J connectivity index is 1.80. The van der Waals surface area contributed by atoms with Crippen molar-refractivity contribution >= 4 is 0 Å². The quantitative estimate of drug-likeness (QED) is 0.918. The Hall–Kier alpha value is -1.68. The van der Waals surface area contributed by atoms with Gasteiger partial charge in [0.15, 0.2) is 0 Å². The lowest BCUT2D eigenvalue weighted by molar-refractivity contribution is 0.388. The van der Waals surface area contributed by atoms with E-state index in [1.807, 2.05) is 26.1 Å². The van der Waals surface area contributed by atoms with Crippen LogP contribution in [0.1, 0.15) is 53.7 Å². The zero-order valence-electron chi connectivity index (χ0n) is 11.6. The fourth-order valence-corrected chi connectivity index (χ4v) is 3.07. The summed E-state index contributed by atoms with van der Waals surface area (Å²) in [6, 6.07) is 4.74. The van der Waals surface area contributed by atoms with E-state index in [-0.39, 0.29) is 6.04 Å². The Labute approximate surface area is 113 Å². The highest BCUT2D eigenvalue weighted by atomic mass is 16.5. The smallest absolute Gasteiger partial charge is 0.138 e. The third-order valence-corrected chi connectivity index (χ3v) is 3.93. The third-order valence-electron chi connectivity index (χ3n) is 3.93. The van der Waals surface area contributed by atoms with Gasteiger partial charge in [-0.15, -0.1) is 0 Å². The molecule has 2 atom stereocenters. The molecule has 0 aliphatic heterocycles. The number of rotatable bonds is 3. The van der Waals surface area contributed by atoms with Crippen LogP contribution >= 0.6 is 0 Å². The van der Waals surface area contributed by atoms with E-state index in [1.165, 1.54) is 16.8 Å². The minimum atomic E-state index is 0.226. The highest BCUT2D eigenvalue weighted by Crippen LogP contribution is 2.32. The average Bonchev–Trinajstić information content (AvgIpc) is 2.94. The monoisotopic (exact) mass is 257 g/mol. The number of fused-ring (bicyclic) bond motifs is 1. The van der Waals surface area contributed by atoms with Gasteiger partial charge in [0.2, 0.25) is 0 Å². The predicted octanol–water partition coefficient (Wildman–Crippen LogP) is 3.02. The lowest BCUT2D eigenvalue weighted by Crippen LogP contribution is -2.24. The Morgan fingerprint density at radius 2 is 2.26 bits per heavy atom. The van der Waals surface area contributed by atoms with Crippen LogP contribution < -0.4 is 5.32 Å². The number of aryl methyl sites for hydroxylation is 3. The summed E-state index contributed by atoms with van der Waals surface area (Å²) in [6.07, 6.45) is 4.09. The summed E-state index contributed by atoms with van der Waals surface area (Å²) in [5, 5.41) is 7.68. The Bertz CT molecular complexity index is 571. The minimum absolute atomic E-state index is 0.226. The molecule has 0 bridgehead atoms. The van der Waals surface area contributed by atoms with Crippen LogP contribution in [0, 0.1) is 13.8 Å². The molecule has 0 amide bonds. The molecule has 0 saturated heterocycles. The van der Waals surface area contributed by atoms with Gasteiger partial charge in [0.05, 0.1) is 17.4 Å². The predicted molar refractivity (Wildman–Crippen MR) is 72.8 cm³/mol. The normalized spacial score (nSPS) is 19.4. The summed E-state index contributed by atoms with van der Waals surface area (Å²) in [5.74, 6) is 0.900. The van der Waals surface area contributed by atoms with Crippen molar-refractivity contribution in [2.24, 2.45) is 0 Å². The molecule has 1 N–H and O–H groups in total. The molecule has 2 aromatic rings. The second-order valence-electron chi connectivity index (χ2n) is 5.27. The molecular formula is C15H19N3O. The second kappa shape index (κ2) is 4.78. The van der Waals surface area contributed by atoms with Crippen LogP contribution in [0.25, 0.3) is 0 Å². The Morgan fingerprint density at radius 3 is 3.00 bits per heavy atom. The summed E-state index contributed by atoms with van der Waals surface area (Å²) in [6.45, 7) is 6.12. The van der Waals surface area contributed by atoms with Gasteiger partial charge in [0.25, 0.3) is 0 Å². The largest absolute Gasteiger partial charge is 0.361 e. The third kappa shape index (κ3) is 2.16. The lowest BCUT2D eigenvalue weighted by atomic mass is 10.1. The van der Waals surface area contributed by atoms with Crippen LogP contribution in [0.5, 0.6) is 0 Å². The molecule has 1 aliphatic carbocycles. The van der Waals surface area contributed by atoms with E-state index in [0.717, 1.165) is 24.3 Å². The number of aromatic nitrogens is 2. The van der Waals surface area contributed by atoms with Crippen molar-refractivity contribution in [1.29, 1.82) is 0 Å². The molecule has 2 aromatic heterocycles. The van der Waals surface area contributed by atoms with Crippen LogP contribution in [0.4, 0.5) is 0 Å². The molecule has 2 unspecified atom stereocenters. The van der Waals surface area contributed by atoms with Gasteiger partial charge in [-0.25, -0.2) is 0 Å². The number of hydrogen-bond donors (Lipinski definition) is 1. The molecule has 0 aromatic carbocycles. The SMILES string of the molecule is Cc1noc(C)c1C(C)NC1CCc2cccnc21. The molecule has 4 nitrogen and oxygen atoms in total. The van der Waals surface area contributed by atoms with Crippen molar-refractivity contribution in [2.45, 2.75) is 45.7 Å². The van der Waals surface area contributed by atoms with Crippen LogP contribution in [0.2, 0.25) is 0 Å². The fraction of sp³-hybridized carbons (Fsp3) is 0.467. The van der Waals surface area contributed by atoms with Crippen molar-refractivity contribution in [1.82, 2.24) is 15.5 Å². The van der Waals surface area contributed by atoms with Gasteiger partial charge >= 0.3 is 0 Å². The number of hydrogen-bond acceptors (Lipinski definition) is 4. The zero-order valence-corrected chi connectivity index (χ0v) is 11.6. The van der Waals surface area contributed by atoms with Gasteiger partial charge < -0.3 is 9.84 Å². The van der Waals surface area contributed by atoms with Gasteiger partial charge in [-0.2, -0.15) is 0 Å². The van der Waals surface area contributed by atoms with Crippen LogP contribution in [-0.2, 0) is 6.42 Å². The van der Waals surface area contributed by atoms with E-state index < -0.39 is 0 Å². The molecule has 3 rings (SSSR count). The molecule has 0 spiro atoms. The lowest BCUT2D eigenvalue weighted by Gasteiger charge is -2.19. The van der Waals surface area contributed by atoms with E-state index in [4.69, 9.17) is 4.52 Å². The summed E-state index contributed by atoms with van der Waals surface area (Å²) >= 11 is 0. The van der Waals surface area contributed by atoms with E-state index >= 15 is 0 Å². The van der Waals surface area contributed by atoms with E-state index in [0.29, 0.717) is 6.04 Å². The molecular weight excluding hydrogens is 238 g/mol. The molecule has 1 aliphatic rings. The number of pyridine rings is 1. The van der Waals surface area contributed by atoms with Crippen molar-refractivity contribution in [3.63, 3.8) is 0 Å². The first-order valence-corrected chi connectivity index (χ1v) is 6.79. The van der Waals surface area contributed by atoms with E-state index in [2.05, 4.69) is 28.4 Å². The summed E-state index contributed by atoms with van der Waals surface area (Å²) in [4.78, 5) is 4.52. The van der Waals surface area contributed by atoms with Gasteiger partial charge in [0.1, 0.15) is 5.76 Å². The van der Waals surface area contributed by atoms with Crippen molar-refractivity contribution in [2.75, 3.05) is 0 Å². The maximum Gasteiger partial charge on any atom is 0.138 e. The maximum absolute atomic E-state index is 5.24. The van der Waals surface area contributed by atoms with Crippen molar-refractivity contribution in [3.05, 3.63) is 46.6 Å². The molecule has 2 heterocycles.